The van der Waals surface area contributed by atoms with Gasteiger partial charge in [0.15, 0.2) is 0 Å². The summed E-state index contributed by atoms with van der Waals surface area (Å²) in [4.78, 5) is 0. The second-order valence-corrected chi connectivity index (χ2v) is 1.83. The zero-order chi connectivity index (χ0) is 7.78. The van der Waals surface area contributed by atoms with E-state index >= 15 is 0 Å². The summed E-state index contributed by atoms with van der Waals surface area (Å²) in [5.74, 6) is -3.87. The number of nitrogens with two attached hydrogens (primary N) is 1. The van der Waals surface area contributed by atoms with Gasteiger partial charge >= 0.3 is 11.9 Å². The summed E-state index contributed by atoms with van der Waals surface area (Å²) >= 11 is 0. The highest BCUT2D eigenvalue weighted by atomic mass is 19.3. The van der Waals surface area contributed by atoms with E-state index in [4.69, 9.17) is 5.73 Å². The summed E-state index contributed by atoms with van der Waals surface area (Å²) in [5.41, 5.74) is 4.90. The van der Waals surface area contributed by atoms with Crippen molar-refractivity contribution in [3.8, 4) is 0 Å². The Kier molecular flexibility index (Phi) is 1.31. The van der Waals surface area contributed by atoms with Crippen LogP contribution >= 0.6 is 0 Å². The first-order valence-electron chi connectivity index (χ1n) is 2.47. The highest BCUT2D eigenvalue weighted by molar-refractivity contribution is 5.06. The summed E-state index contributed by atoms with van der Waals surface area (Å²) < 4.78 is 28.7. The molecule has 0 aliphatic carbocycles. The van der Waals surface area contributed by atoms with E-state index in [-0.39, 0.29) is 6.01 Å². The smallest absolute Gasteiger partial charge is 0.321 e. The summed E-state index contributed by atoms with van der Waals surface area (Å²) in [6, 6.07) is -0.350. The highest BCUT2D eigenvalue weighted by Crippen LogP contribution is 2.25. The quantitative estimate of drug-likeness (QED) is 0.640. The predicted molar refractivity (Wildman–Crippen MR) is 28.3 cm³/mol. The normalized spacial score (nSPS) is 11.9. The molecule has 6 heteroatoms. The molecule has 10 heavy (non-hydrogen) atoms. The molecule has 0 spiro atoms. The molecular weight excluding hydrogens is 144 g/mol. The average Bonchev–Trinajstić information content (AvgIpc) is 2.11. The van der Waals surface area contributed by atoms with Crippen LogP contribution in [0.2, 0.25) is 0 Å². The SMILES string of the molecule is CC(F)(F)c1nnc(N)o1. The van der Waals surface area contributed by atoms with Gasteiger partial charge in [-0.15, -0.1) is 5.10 Å². The van der Waals surface area contributed by atoms with Gasteiger partial charge in [0.1, 0.15) is 0 Å². The molecule has 56 valence electrons. The minimum Gasteiger partial charge on any atom is -0.402 e. The molecule has 1 heterocycles. The highest BCUT2D eigenvalue weighted by Gasteiger charge is 2.31. The van der Waals surface area contributed by atoms with Crippen molar-refractivity contribution in [1.82, 2.24) is 10.2 Å². The number of halogens is 2. The molecule has 2 N–H and O–H groups in total. The zero-order valence-corrected chi connectivity index (χ0v) is 5.14. The van der Waals surface area contributed by atoms with E-state index in [0.717, 1.165) is 0 Å². The van der Waals surface area contributed by atoms with Crippen molar-refractivity contribution >= 4 is 6.01 Å². The van der Waals surface area contributed by atoms with Crippen LogP contribution in [0.5, 0.6) is 0 Å². The Morgan fingerprint density at radius 2 is 2.10 bits per heavy atom. The Hall–Kier alpha value is -1.20. The maximum absolute atomic E-state index is 12.2. The second kappa shape index (κ2) is 1.89. The first-order valence-corrected chi connectivity index (χ1v) is 2.47. The molecule has 0 amide bonds. The third kappa shape index (κ3) is 1.20. The number of hydrogen-bond acceptors (Lipinski definition) is 4. The number of nitrogen functional groups attached to an aromatic ring is 1. The zero-order valence-electron chi connectivity index (χ0n) is 5.14. The van der Waals surface area contributed by atoms with Crippen molar-refractivity contribution in [3.05, 3.63) is 5.89 Å². The number of anilines is 1. The maximum atomic E-state index is 12.2. The molecule has 0 unspecified atom stereocenters. The molecule has 0 bridgehead atoms. The van der Waals surface area contributed by atoms with Gasteiger partial charge in [0.2, 0.25) is 0 Å². The van der Waals surface area contributed by atoms with Gasteiger partial charge in [0, 0.05) is 6.92 Å². The molecule has 0 aromatic carbocycles. The van der Waals surface area contributed by atoms with Gasteiger partial charge in [-0.2, -0.15) is 8.78 Å². The number of alkyl halides is 2. The van der Waals surface area contributed by atoms with Crippen molar-refractivity contribution in [3.63, 3.8) is 0 Å². The van der Waals surface area contributed by atoms with Crippen LogP contribution in [0, 0.1) is 0 Å². The van der Waals surface area contributed by atoms with E-state index in [1.165, 1.54) is 0 Å². The fourth-order valence-corrected chi connectivity index (χ4v) is 0.412. The lowest BCUT2D eigenvalue weighted by atomic mass is 10.4. The van der Waals surface area contributed by atoms with Crippen molar-refractivity contribution in [2.45, 2.75) is 12.8 Å². The molecule has 0 fully saturated rings. The molecule has 4 nitrogen and oxygen atoms in total. The lowest BCUT2D eigenvalue weighted by molar-refractivity contribution is -0.0104. The van der Waals surface area contributed by atoms with Crippen LogP contribution in [-0.2, 0) is 5.92 Å². The van der Waals surface area contributed by atoms with Crippen LogP contribution in [-0.4, -0.2) is 10.2 Å². The molecule has 0 aliphatic rings. The first kappa shape index (κ1) is 6.91. The standard InChI is InChI=1S/C4H5F2N3O/c1-4(5,6)2-8-9-3(7)10-2/h1H3,(H2,7,9). The van der Waals surface area contributed by atoms with Crippen LogP contribution in [0.3, 0.4) is 0 Å². The molecule has 0 radical (unpaired) electrons. The predicted octanol–water partition coefficient (Wildman–Crippen LogP) is 0.763. The number of rotatable bonds is 1. The molecule has 1 rings (SSSR count). The summed E-state index contributed by atoms with van der Waals surface area (Å²) in [5, 5.41) is 6.06. The van der Waals surface area contributed by atoms with E-state index < -0.39 is 11.8 Å². The Bertz CT molecular complexity index is 229. The van der Waals surface area contributed by atoms with Gasteiger partial charge in [0.25, 0.3) is 5.89 Å². The third-order valence-electron chi connectivity index (χ3n) is 0.816. The molecular formula is C4H5F2N3O. The molecule has 0 saturated carbocycles. The van der Waals surface area contributed by atoms with Crippen LogP contribution in [0.4, 0.5) is 14.8 Å². The lowest BCUT2D eigenvalue weighted by Gasteiger charge is -2.00. The van der Waals surface area contributed by atoms with Crippen LogP contribution in [0.25, 0.3) is 0 Å². The fourth-order valence-electron chi connectivity index (χ4n) is 0.412. The largest absolute Gasteiger partial charge is 0.402 e. The van der Waals surface area contributed by atoms with Crippen molar-refractivity contribution < 1.29 is 13.2 Å². The van der Waals surface area contributed by atoms with Crippen molar-refractivity contribution in [2.24, 2.45) is 0 Å². The van der Waals surface area contributed by atoms with Gasteiger partial charge < -0.3 is 10.2 Å². The fraction of sp³-hybridized carbons (Fsp3) is 0.500. The monoisotopic (exact) mass is 149 g/mol. The minimum absolute atomic E-state index is 0.350. The summed E-state index contributed by atoms with van der Waals surface area (Å²) in [6.07, 6.45) is 0. The summed E-state index contributed by atoms with van der Waals surface area (Å²) in [7, 11) is 0. The van der Waals surface area contributed by atoms with Gasteiger partial charge in [-0.05, 0) is 0 Å². The third-order valence-corrected chi connectivity index (χ3v) is 0.816. The molecule has 0 atom stereocenters. The van der Waals surface area contributed by atoms with E-state index in [1.807, 2.05) is 0 Å². The molecule has 1 aromatic rings. The van der Waals surface area contributed by atoms with Gasteiger partial charge in [-0.3, -0.25) is 0 Å². The van der Waals surface area contributed by atoms with Gasteiger partial charge in [0.05, 0.1) is 0 Å². The molecule has 0 saturated heterocycles. The molecule has 0 aliphatic heterocycles. The maximum Gasteiger partial charge on any atom is 0.321 e. The Morgan fingerprint density at radius 3 is 2.30 bits per heavy atom. The van der Waals surface area contributed by atoms with Gasteiger partial charge in [-0.25, -0.2) is 0 Å². The van der Waals surface area contributed by atoms with E-state index in [2.05, 4.69) is 14.6 Å². The summed E-state index contributed by atoms with van der Waals surface area (Å²) in [6.45, 7) is 0.653. The van der Waals surface area contributed by atoms with Crippen LogP contribution in [0.1, 0.15) is 12.8 Å². The van der Waals surface area contributed by atoms with E-state index in [1.54, 1.807) is 0 Å². The molecule has 1 aromatic heterocycles. The minimum atomic E-state index is -3.11. The number of nitrogens with zero attached hydrogens (tertiary/aromatic N) is 2. The topological polar surface area (TPSA) is 64.9 Å². The Balaban J connectivity index is 2.96. The van der Waals surface area contributed by atoms with Crippen molar-refractivity contribution in [1.29, 1.82) is 0 Å². The average molecular weight is 149 g/mol. The van der Waals surface area contributed by atoms with Crippen LogP contribution < -0.4 is 5.73 Å². The number of hydrogen-bond donors (Lipinski definition) is 1. The van der Waals surface area contributed by atoms with Crippen molar-refractivity contribution in [2.75, 3.05) is 5.73 Å². The van der Waals surface area contributed by atoms with Crippen LogP contribution in [0.15, 0.2) is 4.42 Å². The van der Waals surface area contributed by atoms with Gasteiger partial charge in [-0.1, -0.05) is 5.10 Å². The second-order valence-electron chi connectivity index (χ2n) is 1.83. The Labute approximate surface area is 55.0 Å². The lowest BCUT2D eigenvalue weighted by Crippen LogP contribution is -2.06. The Morgan fingerprint density at radius 1 is 1.50 bits per heavy atom. The van der Waals surface area contributed by atoms with E-state index in [9.17, 15) is 8.78 Å². The van der Waals surface area contributed by atoms with E-state index in [0.29, 0.717) is 6.92 Å². The number of aromatic nitrogens is 2. The first-order chi connectivity index (χ1) is 4.50.